The van der Waals surface area contributed by atoms with Crippen molar-refractivity contribution in [1.82, 2.24) is 14.8 Å². The van der Waals surface area contributed by atoms with E-state index in [-0.39, 0.29) is 5.91 Å². The number of piperidine rings is 1. The first kappa shape index (κ1) is 14.7. The molecule has 1 aromatic heterocycles. The van der Waals surface area contributed by atoms with E-state index in [2.05, 4.69) is 16.5 Å². The lowest BCUT2D eigenvalue weighted by Gasteiger charge is -2.44. The molecule has 3 rings (SSSR count). The quantitative estimate of drug-likeness (QED) is 0.806. The molecule has 0 radical (unpaired) electrons. The smallest absolute Gasteiger partial charge is 0.273 e. The summed E-state index contributed by atoms with van der Waals surface area (Å²) in [4.78, 5) is 21.3. The van der Waals surface area contributed by atoms with Crippen molar-refractivity contribution in [3.05, 3.63) is 28.7 Å². The summed E-state index contributed by atoms with van der Waals surface area (Å²) in [6, 6.07) is 0. The van der Waals surface area contributed by atoms with Gasteiger partial charge in [-0.25, -0.2) is 4.98 Å². The standard InChI is InChI=1S/C16H23N3OS/c1-3-8-19-9-4-5-16(19)6-10-18(11-7-16)15(20)14-12-21-13(2)17-14/h3,12H,1,4-11H2,2H3. The molecule has 1 spiro atoms. The summed E-state index contributed by atoms with van der Waals surface area (Å²) >= 11 is 1.54. The van der Waals surface area contributed by atoms with Crippen molar-refractivity contribution >= 4 is 17.2 Å². The van der Waals surface area contributed by atoms with Crippen molar-refractivity contribution in [2.45, 2.75) is 38.1 Å². The molecule has 1 amide bonds. The first-order chi connectivity index (χ1) is 10.1. The summed E-state index contributed by atoms with van der Waals surface area (Å²) in [6.45, 7) is 9.66. The van der Waals surface area contributed by atoms with Crippen LogP contribution in [0.2, 0.25) is 0 Å². The molecular weight excluding hydrogens is 282 g/mol. The number of nitrogens with zero attached hydrogens (tertiary/aromatic N) is 3. The van der Waals surface area contributed by atoms with E-state index < -0.39 is 0 Å². The number of aromatic nitrogens is 1. The largest absolute Gasteiger partial charge is 0.337 e. The van der Waals surface area contributed by atoms with Crippen LogP contribution in [0.1, 0.15) is 41.2 Å². The van der Waals surface area contributed by atoms with Gasteiger partial charge in [0.2, 0.25) is 0 Å². The van der Waals surface area contributed by atoms with Crippen LogP contribution in [-0.2, 0) is 0 Å². The molecule has 2 aliphatic heterocycles. The highest BCUT2D eigenvalue weighted by molar-refractivity contribution is 7.09. The van der Waals surface area contributed by atoms with E-state index in [1.807, 2.05) is 23.3 Å². The van der Waals surface area contributed by atoms with Crippen molar-refractivity contribution < 1.29 is 4.79 Å². The Labute approximate surface area is 130 Å². The summed E-state index contributed by atoms with van der Waals surface area (Å²) in [5.41, 5.74) is 0.922. The van der Waals surface area contributed by atoms with Crippen LogP contribution < -0.4 is 0 Å². The van der Waals surface area contributed by atoms with E-state index in [0.717, 1.165) is 37.5 Å². The van der Waals surface area contributed by atoms with Crippen LogP contribution in [0.5, 0.6) is 0 Å². The van der Waals surface area contributed by atoms with Gasteiger partial charge in [-0.3, -0.25) is 9.69 Å². The topological polar surface area (TPSA) is 36.4 Å². The maximum atomic E-state index is 12.5. The van der Waals surface area contributed by atoms with Crippen LogP contribution in [0.15, 0.2) is 18.0 Å². The fourth-order valence-electron chi connectivity index (χ4n) is 3.75. The van der Waals surface area contributed by atoms with Gasteiger partial charge in [-0.05, 0) is 39.2 Å². The normalized spacial score (nSPS) is 21.9. The predicted octanol–water partition coefficient (Wildman–Crippen LogP) is 2.71. The second-order valence-corrected chi connectivity index (χ2v) is 7.17. The molecule has 0 bridgehead atoms. The lowest BCUT2D eigenvalue weighted by atomic mass is 9.85. The Balaban J connectivity index is 1.65. The third-order valence-corrected chi connectivity index (χ3v) is 5.68. The fraction of sp³-hybridized carbons (Fsp3) is 0.625. The Kier molecular flexibility index (Phi) is 4.13. The molecule has 0 saturated carbocycles. The molecular formula is C16H23N3OS. The lowest BCUT2D eigenvalue weighted by molar-refractivity contribution is 0.0448. The number of carbonyl (C=O) groups is 1. The predicted molar refractivity (Wildman–Crippen MR) is 85.7 cm³/mol. The molecule has 0 N–H and O–H groups in total. The number of hydrogen-bond acceptors (Lipinski definition) is 4. The molecule has 114 valence electrons. The molecule has 0 aliphatic carbocycles. The molecule has 1 aromatic rings. The number of rotatable bonds is 3. The van der Waals surface area contributed by atoms with Gasteiger partial charge >= 0.3 is 0 Å². The van der Waals surface area contributed by atoms with E-state index in [1.54, 1.807) is 11.3 Å². The van der Waals surface area contributed by atoms with Gasteiger partial charge in [0.25, 0.3) is 5.91 Å². The zero-order valence-corrected chi connectivity index (χ0v) is 13.5. The molecule has 4 nitrogen and oxygen atoms in total. The van der Waals surface area contributed by atoms with E-state index in [1.165, 1.54) is 19.4 Å². The number of aryl methyl sites for hydroxylation is 1. The van der Waals surface area contributed by atoms with E-state index in [0.29, 0.717) is 11.2 Å². The Morgan fingerprint density at radius 2 is 2.19 bits per heavy atom. The lowest BCUT2D eigenvalue weighted by Crippen LogP contribution is -2.53. The summed E-state index contributed by atoms with van der Waals surface area (Å²) in [5.74, 6) is 0.0995. The Morgan fingerprint density at radius 1 is 1.43 bits per heavy atom. The van der Waals surface area contributed by atoms with Crippen molar-refractivity contribution in [1.29, 1.82) is 0 Å². The van der Waals surface area contributed by atoms with Crippen LogP contribution in [0.3, 0.4) is 0 Å². The summed E-state index contributed by atoms with van der Waals surface area (Å²) in [6.07, 6.45) is 6.69. The third kappa shape index (κ3) is 2.77. The van der Waals surface area contributed by atoms with Gasteiger partial charge in [0.15, 0.2) is 0 Å². The van der Waals surface area contributed by atoms with Gasteiger partial charge in [-0.1, -0.05) is 6.08 Å². The molecule has 2 aliphatic rings. The van der Waals surface area contributed by atoms with Gasteiger partial charge in [0, 0.05) is 30.6 Å². The second kappa shape index (κ2) is 5.89. The maximum Gasteiger partial charge on any atom is 0.273 e. The van der Waals surface area contributed by atoms with Crippen molar-refractivity contribution in [2.75, 3.05) is 26.2 Å². The van der Waals surface area contributed by atoms with Gasteiger partial charge < -0.3 is 4.90 Å². The van der Waals surface area contributed by atoms with Crippen LogP contribution in [-0.4, -0.2) is 52.4 Å². The third-order valence-electron chi connectivity index (χ3n) is 4.91. The maximum absolute atomic E-state index is 12.5. The highest BCUT2D eigenvalue weighted by atomic mass is 32.1. The molecule has 2 fully saturated rings. The number of carbonyl (C=O) groups excluding carboxylic acids is 1. The Bertz CT molecular complexity index is 531. The molecule has 5 heteroatoms. The summed E-state index contributed by atoms with van der Waals surface area (Å²) in [7, 11) is 0. The molecule has 3 heterocycles. The van der Waals surface area contributed by atoms with Crippen molar-refractivity contribution in [3.8, 4) is 0 Å². The van der Waals surface area contributed by atoms with Crippen molar-refractivity contribution in [3.63, 3.8) is 0 Å². The van der Waals surface area contributed by atoms with Gasteiger partial charge in [0.1, 0.15) is 5.69 Å². The SMILES string of the molecule is C=CCN1CCCC12CCN(C(=O)c1csc(C)n1)CC2. The van der Waals surface area contributed by atoms with Gasteiger partial charge in [0.05, 0.1) is 5.01 Å². The molecule has 0 atom stereocenters. The van der Waals surface area contributed by atoms with Crippen LogP contribution >= 0.6 is 11.3 Å². The second-order valence-electron chi connectivity index (χ2n) is 6.11. The van der Waals surface area contributed by atoms with Gasteiger partial charge in [-0.15, -0.1) is 17.9 Å². The van der Waals surface area contributed by atoms with E-state index in [9.17, 15) is 4.79 Å². The Hall–Kier alpha value is -1.20. The van der Waals surface area contributed by atoms with Crippen molar-refractivity contribution in [2.24, 2.45) is 0 Å². The van der Waals surface area contributed by atoms with Crippen LogP contribution in [0.4, 0.5) is 0 Å². The van der Waals surface area contributed by atoms with Crippen LogP contribution in [0.25, 0.3) is 0 Å². The zero-order chi connectivity index (χ0) is 14.9. The number of likely N-dealkylation sites (tertiary alicyclic amines) is 2. The van der Waals surface area contributed by atoms with Gasteiger partial charge in [-0.2, -0.15) is 0 Å². The van der Waals surface area contributed by atoms with E-state index >= 15 is 0 Å². The first-order valence-corrected chi connectivity index (χ1v) is 8.60. The number of amides is 1. The minimum Gasteiger partial charge on any atom is -0.337 e. The summed E-state index contributed by atoms with van der Waals surface area (Å²) < 4.78 is 0. The first-order valence-electron chi connectivity index (χ1n) is 7.72. The highest BCUT2D eigenvalue weighted by Gasteiger charge is 2.43. The minimum absolute atomic E-state index is 0.0995. The minimum atomic E-state index is 0.0995. The monoisotopic (exact) mass is 305 g/mol. The zero-order valence-electron chi connectivity index (χ0n) is 12.7. The average molecular weight is 305 g/mol. The molecule has 21 heavy (non-hydrogen) atoms. The fourth-order valence-corrected chi connectivity index (χ4v) is 4.34. The number of thiazole rings is 1. The average Bonchev–Trinajstić information content (AvgIpc) is 3.08. The van der Waals surface area contributed by atoms with Crippen LogP contribution in [0, 0.1) is 6.92 Å². The van der Waals surface area contributed by atoms with E-state index in [4.69, 9.17) is 0 Å². The molecule has 2 saturated heterocycles. The molecule has 0 unspecified atom stereocenters. The molecule has 0 aromatic carbocycles. The number of hydrogen-bond donors (Lipinski definition) is 0. The highest BCUT2D eigenvalue weighted by Crippen LogP contribution is 2.38. The summed E-state index contributed by atoms with van der Waals surface area (Å²) in [5, 5.41) is 2.83. The Morgan fingerprint density at radius 3 is 2.81 bits per heavy atom.